The molecule has 0 aromatic carbocycles. The van der Waals surface area contributed by atoms with Gasteiger partial charge in [0.2, 0.25) is 5.92 Å². The Bertz CT molecular complexity index is 242. The molecule has 2 rings (SSSR count). The average molecular weight is 247 g/mol. The van der Waals surface area contributed by atoms with Crippen molar-refractivity contribution in [2.24, 2.45) is 11.8 Å². The quantitative estimate of drug-likeness (QED) is 0.825. The summed E-state index contributed by atoms with van der Waals surface area (Å²) in [7, 11) is 0. The van der Waals surface area contributed by atoms with Gasteiger partial charge < -0.3 is 10.1 Å². The van der Waals surface area contributed by atoms with E-state index in [1.165, 1.54) is 0 Å². The molecular formula is C13H23F2NO. The van der Waals surface area contributed by atoms with Crippen LogP contribution in [0.4, 0.5) is 8.78 Å². The molecule has 4 heteroatoms. The Labute approximate surface area is 102 Å². The van der Waals surface area contributed by atoms with E-state index in [2.05, 4.69) is 5.32 Å². The third-order valence-electron chi connectivity index (χ3n) is 4.09. The fourth-order valence-corrected chi connectivity index (χ4v) is 3.29. The maximum absolute atomic E-state index is 13.3. The van der Waals surface area contributed by atoms with Crippen molar-refractivity contribution >= 4 is 0 Å². The molecule has 2 nitrogen and oxygen atoms in total. The molecule has 0 aromatic heterocycles. The number of hydrogen-bond donors (Lipinski definition) is 1. The molecule has 0 aromatic rings. The molecule has 17 heavy (non-hydrogen) atoms. The van der Waals surface area contributed by atoms with Gasteiger partial charge in [-0.15, -0.1) is 0 Å². The maximum atomic E-state index is 13.3. The largest absolute Gasteiger partial charge is 0.381 e. The van der Waals surface area contributed by atoms with Gasteiger partial charge in [-0.1, -0.05) is 6.92 Å². The van der Waals surface area contributed by atoms with E-state index in [4.69, 9.17) is 4.74 Å². The lowest BCUT2D eigenvalue weighted by Gasteiger charge is -2.34. The van der Waals surface area contributed by atoms with Crippen LogP contribution in [0.3, 0.4) is 0 Å². The minimum atomic E-state index is -2.44. The number of halogens is 2. The van der Waals surface area contributed by atoms with Crippen LogP contribution in [0, 0.1) is 11.8 Å². The highest BCUT2D eigenvalue weighted by Gasteiger charge is 2.44. The molecule has 0 amide bonds. The summed E-state index contributed by atoms with van der Waals surface area (Å²) < 4.78 is 32.1. The van der Waals surface area contributed by atoms with Crippen LogP contribution in [0.1, 0.15) is 39.0 Å². The van der Waals surface area contributed by atoms with E-state index in [0.717, 1.165) is 32.6 Å². The van der Waals surface area contributed by atoms with Gasteiger partial charge in [0.25, 0.3) is 0 Å². The van der Waals surface area contributed by atoms with Gasteiger partial charge in [0.05, 0.1) is 6.61 Å². The number of ether oxygens (including phenoxy) is 1. The molecule has 2 fully saturated rings. The third-order valence-corrected chi connectivity index (χ3v) is 4.09. The van der Waals surface area contributed by atoms with Gasteiger partial charge in [-0.2, -0.15) is 0 Å². The molecule has 0 bridgehead atoms. The van der Waals surface area contributed by atoms with Crippen LogP contribution in [0.2, 0.25) is 0 Å². The Morgan fingerprint density at radius 3 is 2.71 bits per heavy atom. The summed E-state index contributed by atoms with van der Waals surface area (Å²) in [5.74, 6) is -1.90. The highest BCUT2D eigenvalue weighted by atomic mass is 19.3. The standard InChI is InChI=1S/C13H23F2NO/c1-2-16-12(11-4-3-7-17-9-11)10-5-6-13(14,15)8-10/h10-12,16H,2-9H2,1H3. The first kappa shape index (κ1) is 13.2. The number of hydrogen-bond acceptors (Lipinski definition) is 2. The van der Waals surface area contributed by atoms with Crippen LogP contribution in [0.15, 0.2) is 0 Å². The lowest BCUT2D eigenvalue weighted by molar-refractivity contribution is -0.00491. The SMILES string of the molecule is CCNC(C1CCCOC1)C1CCC(F)(F)C1. The van der Waals surface area contributed by atoms with Crippen molar-refractivity contribution in [1.29, 1.82) is 0 Å². The summed E-state index contributed by atoms with van der Waals surface area (Å²) in [5, 5.41) is 3.42. The summed E-state index contributed by atoms with van der Waals surface area (Å²) in [4.78, 5) is 0. The topological polar surface area (TPSA) is 21.3 Å². The van der Waals surface area contributed by atoms with Crippen LogP contribution >= 0.6 is 0 Å². The Hall–Kier alpha value is -0.220. The van der Waals surface area contributed by atoms with Crippen molar-refractivity contribution in [1.82, 2.24) is 5.32 Å². The minimum Gasteiger partial charge on any atom is -0.381 e. The molecule has 2 aliphatic rings. The zero-order valence-corrected chi connectivity index (χ0v) is 10.6. The first-order valence-electron chi connectivity index (χ1n) is 6.81. The molecule has 3 unspecified atom stereocenters. The zero-order valence-electron chi connectivity index (χ0n) is 10.6. The highest BCUT2D eigenvalue weighted by molar-refractivity contribution is 4.92. The number of rotatable bonds is 4. The molecule has 1 heterocycles. The minimum absolute atomic E-state index is 0.0567. The van der Waals surface area contributed by atoms with Crippen molar-refractivity contribution in [2.75, 3.05) is 19.8 Å². The van der Waals surface area contributed by atoms with E-state index >= 15 is 0 Å². The van der Waals surface area contributed by atoms with Crippen molar-refractivity contribution in [2.45, 2.75) is 51.0 Å². The van der Waals surface area contributed by atoms with Crippen molar-refractivity contribution in [3.05, 3.63) is 0 Å². The summed E-state index contributed by atoms with van der Waals surface area (Å²) >= 11 is 0. The molecule has 0 spiro atoms. The van der Waals surface area contributed by atoms with Gasteiger partial charge in [-0.3, -0.25) is 0 Å². The average Bonchev–Trinajstić information content (AvgIpc) is 2.67. The first-order chi connectivity index (χ1) is 8.12. The third kappa shape index (κ3) is 3.38. The van der Waals surface area contributed by atoms with E-state index < -0.39 is 5.92 Å². The lowest BCUT2D eigenvalue weighted by atomic mass is 9.83. The van der Waals surface area contributed by atoms with Crippen LogP contribution in [-0.2, 0) is 4.74 Å². The summed E-state index contributed by atoms with van der Waals surface area (Å²) in [5.41, 5.74) is 0. The fraction of sp³-hybridized carbons (Fsp3) is 1.00. The van der Waals surface area contributed by atoms with E-state index in [-0.39, 0.29) is 24.8 Å². The monoisotopic (exact) mass is 247 g/mol. The van der Waals surface area contributed by atoms with E-state index in [9.17, 15) is 8.78 Å². The molecule has 1 saturated carbocycles. The molecule has 1 N–H and O–H groups in total. The number of alkyl halides is 2. The second-order valence-electron chi connectivity index (χ2n) is 5.42. The van der Waals surface area contributed by atoms with E-state index in [1.54, 1.807) is 0 Å². The van der Waals surface area contributed by atoms with E-state index in [0.29, 0.717) is 12.3 Å². The van der Waals surface area contributed by atoms with Crippen LogP contribution in [0.5, 0.6) is 0 Å². The van der Waals surface area contributed by atoms with Crippen LogP contribution < -0.4 is 5.32 Å². The maximum Gasteiger partial charge on any atom is 0.248 e. The van der Waals surface area contributed by atoms with Gasteiger partial charge in [0, 0.05) is 25.5 Å². The predicted molar refractivity (Wildman–Crippen MR) is 63.3 cm³/mol. The van der Waals surface area contributed by atoms with Gasteiger partial charge in [0.1, 0.15) is 0 Å². The molecule has 1 aliphatic carbocycles. The summed E-state index contributed by atoms with van der Waals surface area (Å²) in [6.45, 7) is 4.46. The van der Waals surface area contributed by atoms with Crippen LogP contribution in [0.25, 0.3) is 0 Å². The Morgan fingerprint density at radius 2 is 2.18 bits per heavy atom. The van der Waals surface area contributed by atoms with Gasteiger partial charge >= 0.3 is 0 Å². The number of nitrogens with one attached hydrogen (secondary N) is 1. The van der Waals surface area contributed by atoms with Gasteiger partial charge in [0.15, 0.2) is 0 Å². The molecule has 1 saturated heterocycles. The highest BCUT2D eigenvalue weighted by Crippen LogP contribution is 2.42. The van der Waals surface area contributed by atoms with Crippen molar-refractivity contribution in [3.63, 3.8) is 0 Å². The van der Waals surface area contributed by atoms with Crippen molar-refractivity contribution < 1.29 is 13.5 Å². The molecular weight excluding hydrogens is 224 g/mol. The zero-order chi connectivity index (χ0) is 12.3. The van der Waals surface area contributed by atoms with Gasteiger partial charge in [-0.25, -0.2) is 8.78 Å². The Balaban J connectivity index is 1.96. The van der Waals surface area contributed by atoms with Crippen molar-refractivity contribution in [3.8, 4) is 0 Å². The Kier molecular flexibility index (Phi) is 4.36. The first-order valence-corrected chi connectivity index (χ1v) is 6.81. The lowest BCUT2D eigenvalue weighted by Crippen LogP contribution is -2.45. The summed E-state index contributed by atoms with van der Waals surface area (Å²) in [6, 6.07) is 0.216. The normalized spacial score (nSPS) is 34.8. The smallest absolute Gasteiger partial charge is 0.248 e. The molecule has 0 radical (unpaired) electrons. The molecule has 100 valence electrons. The second kappa shape index (κ2) is 5.61. The Morgan fingerprint density at radius 1 is 1.35 bits per heavy atom. The van der Waals surface area contributed by atoms with E-state index in [1.807, 2.05) is 6.92 Å². The summed E-state index contributed by atoms with van der Waals surface area (Å²) in [6.07, 6.45) is 2.95. The second-order valence-corrected chi connectivity index (χ2v) is 5.42. The van der Waals surface area contributed by atoms with Crippen LogP contribution in [-0.4, -0.2) is 31.7 Å². The molecule has 3 atom stereocenters. The molecule has 1 aliphatic heterocycles. The van der Waals surface area contributed by atoms with Gasteiger partial charge in [-0.05, 0) is 37.6 Å². The fourth-order valence-electron chi connectivity index (χ4n) is 3.29. The predicted octanol–water partition coefficient (Wildman–Crippen LogP) is 2.83.